The van der Waals surface area contributed by atoms with Crippen LogP contribution in [-0.2, 0) is 16.0 Å². The van der Waals surface area contributed by atoms with Crippen LogP contribution in [0.1, 0.15) is 39.7 Å². The van der Waals surface area contributed by atoms with Gasteiger partial charge in [0, 0.05) is 10.5 Å². The van der Waals surface area contributed by atoms with Gasteiger partial charge in [0.1, 0.15) is 6.23 Å². The molecule has 0 heterocycles. The standard InChI is InChI=1S/C16H24BrNO3/c1-11(21-16(2,3)4)18-14(10-15(19)20)9-12-5-7-13(17)8-6-12/h5-8,11,14,18H,9-10H2,1-4H3,(H,19,20)/t11?,14-/m1/s1. The number of hydrogen-bond acceptors (Lipinski definition) is 3. The molecular formula is C16H24BrNO3. The van der Waals surface area contributed by atoms with Crippen LogP contribution in [0.25, 0.3) is 0 Å². The van der Waals surface area contributed by atoms with Crippen molar-refractivity contribution in [2.24, 2.45) is 0 Å². The van der Waals surface area contributed by atoms with E-state index in [4.69, 9.17) is 9.84 Å². The molecule has 5 heteroatoms. The molecule has 21 heavy (non-hydrogen) atoms. The predicted molar refractivity (Wildman–Crippen MR) is 87.3 cm³/mol. The van der Waals surface area contributed by atoms with Crippen molar-refractivity contribution in [1.82, 2.24) is 5.32 Å². The van der Waals surface area contributed by atoms with Crippen LogP contribution < -0.4 is 5.32 Å². The third-order valence-electron chi connectivity index (χ3n) is 2.82. The minimum atomic E-state index is -0.812. The fourth-order valence-electron chi connectivity index (χ4n) is 2.20. The van der Waals surface area contributed by atoms with Gasteiger partial charge in [0.15, 0.2) is 0 Å². The molecule has 0 amide bonds. The maximum Gasteiger partial charge on any atom is 0.304 e. The van der Waals surface area contributed by atoms with Gasteiger partial charge in [0.25, 0.3) is 0 Å². The molecule has 0 spiro atoms. The van der Waals surface area contributed by atoms with Crippen LogP contribution in [0.5, 0.6) is 0 Å². The molecule has 1 rings (SSSR count). The van der Waals surface area contributed by atoms with Gasteiger partial charge in [-0.2, -0.15) is 0 Å². The van der Waals surface area contributed by atoms with E-state index in [1.165, 1.54) is 0 Å². The normalized spacial score (nSPS) is 14.7. The Hall–Kier alpha value is -0.910. The van der Waals surface area contributed by atoms with Crippen LogP contribution in [0, 0.1) is 0 Å². The molecule has 0 aromatic heterocycles. The first-order valence-electron chi connectivity index (χ1n) is 7.06. The SMILES string of the molecule is CC(N[C@@H](CC(=O)O)Cc1ccc(Br)cc1)OC(C)(C)C. The Kier molecular flexibility index (Phi) is 6.84. The molecule has 4 nitrogen and oxygen atoms in total. The zero-order valence-corrected chi connectivity index (χ0v) is 14.6. The Balaban J connectivity index is 2.67. The lowest BCUT2D eigenvalue weighted by molar-refractivity contribution is -0.138. The second kappa shape index (κ2) is 7.92. The van der Waals surface area contributed by atoms with Crippen molar-refractivity contribution in [2.45, 2.75) is 58.4 Å². The average molecular weight is 358 g/mol. The number of carboxylic acid groups (broad SMARTS) is 1. The average Bonchev–Trinajstić information content (AvgIpc) is 2.28. The van der Waals surface area contributed by atoms with Crippen molar-refractivity contribution in [3.05, 3.63) is 34.3 Å². The monoisotopic (exact) mass is 357 g/mol. The number of rotatable bonds is 7. The number of carboxylic acids is 1. The van der Waals surface area contributed by atoms with Crippen LogP contribution in [0.15, 0.2) is 28.7 Å². The Bertz CT molecular complexity index is 454. The Morgan fingerprint density at radius 1 is 1.33 bits per heavy atom. The zero-order valence-electron chi connectivity index (χ0n) is 13.0. The van der Waals surface area contributed by atoms with Crippen molar-refractivity contribution in [3.8, 4) is 0 Å². The van der Waals surface area contributed by atoms with Crippen molar-refractivity contribution < 1.29 is 14.6 Å². The summed E-state index contributed by atoms with van der Waals surface area (Å²) in [5.41, 5.74) is 0.831. The molecule has 0 aliphatic carbocycles. The van der Waals surface area contributed by atoms with Gasteiger partial charge in [-0.15, -0.1) is 0 Å². The molecular weight excluding hydrogens is 334 g/mol. The molecule has 2 atom stereocenters. The maximum atomic E-state index is 11.0. The first-order chi connectivity index (χ1) is 9.65. The Labute approximate surface area is 135 Å². The lowest BCUT2D eigenvalue weighted by Gasteiger charge is -2.29. The number of aliphatic carboxylic acids is 1. The van der Waals surface area contributed by atoms with Crippen molar-refractivity contribution >= 4 is 21.9 Å². The van der Waals surface area contributed by atoms with E-state index in [1.54, 1.807) is 0 Å². The molecule has 0 saturated carbocycles. The molecule has 1 unspecified atom stereocenters. The molecule has 0 aliphatic rings. The molecule has 118 valence electrons. The van der Waals surface area contributed by atoms with Crippen molar-refractivity contribution in [1.29, 1.82) is 0 Å². The van der Waals surface area contributed by atoms with Gasteiger partial charge in [-0.05, 0) is 51.8 Å². The summed E-state index contributed by atoms with van der Waals surface area (Å²) >= 11 is 3.40. The minimum absolute atomic E-state index is 0.0634. The molecule has 0 fully saturated rings. The first-order valence-corrected chi connectivity index (χ1v) is 7.85. The summed E-state index contributed by atoms with van der Waals surface area (Å²) < 4.78 is 6.81. The lowest BCUT2D eigenvalue weighted by atomic mass is 10.0. The number of halogens is 1. The van der Waals surface area contributed by atoms with E-state index in [1.807, 2.05) is 52.0 Å². The lowest BCUT2D eigenvalue weighted by Crippen LogP contribution is -2.43. The second-order valence-corrected chi connectivity index (χ2v) is 7.08. The second-order valence-electron chi connectivity index (χ2n) is 6.16. The summed E-state index contributed by atoms with van der Waals surface area (Å²) in [7, 11) is 0. The smallest absolute Gasteiger partial charge is 0.304 e. The highest BCUT2D eigenvalue weighted by molar-refractivity contribution is 9.10. The van der Waals surface area contributed by atoms with Crippen LogP contribution in [0.4, 0.5) is 0 Å². The molecule has 1 aromatic carbocycles. The van der Waals surface area contributed by atoms with Crippen LogP contribution in [0.3, 0.4) is 0 Å². The van der Waals surface area contributed by atoms with Gasteiger partial charge in [0.05, 0.1) is 12.0 Å². The largest absolute Gasteiger partial charge is 0.481 e. The van der Waals surface area contributed by atoms with E-state index in [0.717, 1.165) is 10.0 Å². The van der Waals surface area contributed by atoms with Gasteiger partial charge < -0.3 is 9.84 Å². The van der Waals surface area contributed by atoms with Gasteiger partial charge in [-0.25, -0.2) is 0 Å². The molecule has 0 saturated heterocycles. The quantitative estimate of drug-likeness (QED) is 0.732. The highest BCUT2D eigenvalue weighted by Crippen LogP contribution is 2.14. The van der Waals surface area contributed by atoms with E-state index in [9.17, 15) is 4.79 Å². The van der Waals surface area contributed by atoms with Gasteiger partial charge >= 0.3 is 5.97 Å². The number of hydrogen-bond donors (Lipinski definition) is 2. The molecule has 0 radical (unpaired) electrons. The Morgan fingerprint density at radius 3 is 2.38 bits per heavy atom. The molecule has 2 N–H and O–H groups in total. The number of nitrogens with one attached hydrogen (secondary N) is 1. The highest BCUT2D eigenvalue weighted by atomic mass is 79.9. The van der Waals surface area contributed by atoms with Crippen LogP contribution >= 0.6 is 15.9 Å². The number of ether oxygens (including phenoxy) is 1. The van der Waals surface area contributed by atoms with Gasteiger partial charge in [-0.3, -0.25) is 10.1 Å². The summed E-state index contributed by atoms with van der Waals surface area (Å²) in [6, 6.07) is 7.75. The molecule has 1 aromatic rings. The van der Waals surface area contributed by atoms with E-state index >= 15 is 0 Å². The summed E-state index contributed by atoms with van der Waals surface area (Å²) in [6.45, 7) is 7.84. The molecule has 0 bridgehead atoms. The van der Waals surface area contributed by atoms with Gasteiger partial charge in [-0.1, -0.05) is 28.1 Å². The summed E-state index contributed by atoms with van der Waals surface area (Å²) in [4.78, 5) is 11.0. The molecule has 0 aliphatic heterocycles. The maximum absolute atomic E-state index is 11.0. The van der Waals surface area contributed by atoms with E-state index in [-0.39, 0.29) is 24.3 Å². The number of benzene rings is 1. The van der Waals surface area contributed by atoms with Crippen molar-refractivity contribution in [3.63, 3.8) is 0 Å². The summed E-state index contributed by atoms with van der Waals surface area (Å²) in [5.74, 6) is -0.812. The van der Waals surface area contributed by atoms with E-state index in [0.29, 0.717) is 6.42 Å². The zero-order chi connectivity index (χ0) is 16.0. The third-order valence-corrected chi connectivity index (χ3v) is 3.35. The number of carbonyl (C=O) groups is 1. The van der Waals surface area contributed by atoms with Crippen molar-refractivity contribution in [2.75, 3.05) is 0 Å². The topological polar surface area (TPSA) is 58.6 Å². The highest BCUT2D eigenvalue weighted by Gasteiger charge is 2.20. The van der Waals surface area contributed by atoms with E-state index in [2.05, 4.69) is 21.2 Å². The fourth-order valence-corrected chi connectivity index (χ4v) is 2.47. The van der Waals surface area contributed by atoms with E-state index < -0.39 is 5.97 Å². The summed E-state index contributed by atoms with van der Waals surface area (Å²) in [6.07, 6.45) is 0.510. The van der Waals surface area contributed by atoms with Gasteiger partial charge in [0.2, 0.25) is 0 Å². The fraction of sp³-hybridized carbons (Fsp3) is 0.562. The summed E-state index contributed by atoms with van der Waals surface area (Å²) in [5, 5.41) is 12.3. The van der Waals surface area contributed by atoms with Crippen LogP contribution in [0.2, 0.25) is 0 Å². The predicted octanol–water partition coefficient (Wildman–Crippen LogP) is 3.59. The first kappa shape index (κ1) is 18.1. The third kappa shape index (κ3) is 8.19. The Morgan fingerprint density at radius 2 is 1.90 bits per heavy atom. The minimum Gasteiger partial charge on any atom is -0.481 e. The van der Waals surface area contributed by atoms with Crippen LogP contribution in [-0.4, -0.2) is 28.9 Å².